The van der Waals surface area contributed by atoms with E-state index in [4.69, 9.17) is 11.6 Å². The monoisotopic (exact) mass is 305 g/mol. The summed E-state index contributed by atoms with van der Waals surface area (Å²) in [5.41, 5.74) is 2.63. The molecule has 3 atom stereocenters. The summed E-state index contributed by atoms with van der Waals surface area (Å²) in [6.07, 6.45) is 16.6. The number of rotatable bonds is 8. The van der Waals surface area contributed by atoms with Crippen molar-refractivity contribution < 1.29 is 0 Å². The molecule has 116 valence electrons. The Bertz CT molecular complexity index is 442. The van der Waals surface area contributed by atoms with Crippen LogP contribution < -0.4 is 0 Å². The van der Waals surface area contributed by atoms with Crippen molar-refractivity contribution in [2.45, 2.75) is 51.8 Å². The predicted octanol–water partition coefficient (Wildman–Crippen LogP) is 6.08. The number of hydrogen-bond acceptors (Lipinski definition) is 1. The van der Waals surface area contributed by atoms with Gasteiger partial charge in [0.2, 0.25) is 0 Å². The second-order valence-electron chi connectivity index (χ2n) is 6.09. The fourth-order valence-corrected chi connectivity index (χ4v) is 2.78. The minimum atomic E-state index is 0.0841. The Hall–Kier alpha value is -1.08. The van der Waals surface area contributed by atoms with Gasteiger partial charge in [0.15, 0.2) is 0 Å². The van der Waals surface area contributed by atoms with Crippen molar-refractivity contribution in [1.82, 2.24) is 0 Å². The van der Waals surface area contributed by atoms with E-state index in [1.165, 1.54) is 11.1 Å². The van der Waals surface area contributed by atoms with E-state index in [-0.39, 0.29) is 5.38 Å². The highest BCUT2D eigenvalue weighted by Gasteiger charge is 2.13. The lowest BCUT2D eigenvalue weighted by molar-refractivity contribution is 0.432. The van der Waals surface area contributed by atoms with Gasteiger partial charge in [-0.05, 0) is 50.0 Å². The fraction of sp³-hybridized carbons (Fsp3) is 0.526. The first kappa shape index (κ1) is 18.0. The van der Waals surface area contributed by atoms with Crippen molar-refractivity contribution in [3.8, 4) is 0 Å². The number of hydrogen-bond donors (Lipinski definition) is 0. The van der Waals surface area contributed by atoms with Crippen LogP contribution >= 0.6 is 11.6 Å². The first-order chi connectivity index (χ1) is 10.0. The predicted molar refractivity (Wildman–Crippen MR) is 96.1 cm³/mol. The van der Waals surface area contributed by atoms with Gasteiger partial charge in [-0.15, -0.1) is 18.2 Å². The Balaban J connectivity index is 2.45. The summed E-state index contributed by atoms with van der Waals surface area (Å²) in [5.74, 6) is 1.13. The molecule has 21 heavy (non-hydrogen) atoms. The lowest BCUT2D eigenvalue weighted by atomic mass is 9.89. The van der Waals surface area contributed by atoms with E-state index in [2.05, 4.69) is 50.6 Å². The van der Waals surface area contributed by atoms with Crippen molar-refractivity contribution in [2.75, 3.05) is 0 Å². The summed E-state index contributed by atoms with van der Waals surface area (Å²) in [6, 6.07) is 0. The van der Waals surface area contributed by atoms with Gasteiger partial charge in [-0.1, -0.05) is 43.7 Å². The van der Waals surface area contributed by atoms with Gasteiger partial charge >= 0.3 is 0 Å². The first-order valence-electron chi connectivity index (χ1n) is 7.85. The molecule has 0 bridgehead atoms. The maximum absolute atomic E-state index is 6.12. The van der Waals surface area contributed by atoms with Gasteiger partial charge in [-0.25, -0.2) is 0 Å². The highest BCUT2D eigenvalue weighted by atomic mass is 35.5. The molecule has 0 saturated heterocycles. The van der Waals surface area contributed by atoms with Crippen molar-refractivity contribution in [3.05, 3.63) is 48.2 Å². The molecule has 1 nitrogen and oxygen atoms in total. The topological polar surface area (TPSA) is 12.4 Å². The third kappa shape index (κ3) is 7.47. The van der Waals surface area contributed by atoms with Crippen molar-refractivity contribution in [2.24, 2.45) is 16.8 Å². The van der Waals surface area contributed by atoms with Crippen LogP contribution in [0.25, 0.3) is 0 Å². The second-order valence-corrected chi connectivity index (χ2v) is 6.65. The quantitative estimate of drug-likeness (QED) is 0.292. The van der Waals surface area contributed by atoms with Crippen LogP contribution in [0.4, 0.5) is 0 Å². The van der Waals surface area contributed by atoms with Gasteiger partial charge in [0.05, 0.1) is 5.38 Å². The van der Waals surface area contributed by atoms with Crippen LogP contribution in [0.1, 0.15) is 46.5 Å². The average molecular weight is 306 g/mol. The van der Waals surface area contributed by atoms with Gasteiger partial charge in [-0.3, -0.25) is 4.99 Å². The van der Waals surface area contributed by atoms with Gasteiger partial charge < -0.3 is 0 Å². The van der Waals surface area contributed by atoms with Gasteiger partial charge in [0.25, 0.3) is 0 Å². The molecule has 0 fully saturated rings. The van der Waals surface area contributed by atoms with Gasteiger partial charge in [0, 0.05) is 12.4 Å². The lowest BCUT2D eigenvalue weighted by Gasteiger charge is -2.18. The van der Waals surface area contributed by atoms with E-state index in [9.17, 15) is 0 Å². The maximum atomic E-state index is 6.12. The highest BCUT2D eigenvalue weighted by Crippen LogP contribution is 2.24. The minimum Gasteiger partial charge on any atom is -0.264 e. The van der Waals surface area contributed by atoms with E-state index in [0.29, 0.717) is 11.8 Å². The van der Waals surface area contributed by atoms with Gasteiger partial charge in [0.1, 0.15) is 0 Å². The van der Waals surface area contributed by atoms with Crippen molar-refractivity contribution in [3.63, 3.8) is 0 Å². The zero-order chi connectivity index (χ0) is 15.7. The van der Waals surface area contributed by atoms with Crippen LogP contribution in [0.15, 0.2) is 53.2 Å². The molecule has 0 saturated carbocycles. The van der Waals surface area contributed by atoms with Crippen molar-refractivity contribution in [1.29, 1.82) is 0 Å². The molecule has 1 aliphatic carbocycles. The Morgan fingerprint density at radius 1 is 1.43 bits per heavy atom. The Morgan fingerprint density at radius 3 is 2.81 bits per heavy atom. The Labute approximate surface area is 135 Å². The molecule has 1 rings (SSSR count). The van der Waals surface area contributed by atoms with E-state index in [1.807, 2.05) is 18.5 Å². The largest absolute Gasteiger partial charge is 0.264 e. The van der Waals surface area contributed by atoms with E-state index < -0.39 is 0 Å². The van der Waals surface area contributed by atoms with Crippen LogP contribution in [0, 0.1) is 11.8 Å². The average Bonchev–Trinajstić information content (AvgIpc) is 2.47. The zero-order valence-corrected chi connectivity index (χ0v) is 14.3. The zero-order valence-electron chi connectivity index (χ0n) is 13.6. The van der Waals surface area contributed by atoms with Crippen LogP contribution in [0.2, 0.25) is 0 Å². The van der Waals surface area contributed by atoms with E-state index in [0.717, 1.165) is 25.7 Å². The molecule has 1 aliphatic rings. The summed E-state index contributed by atoms with van der Waals surface area (Å²) >= 11 is 6.12. The molecule has 0 spiro atoms. The highest BCUT2D eigenvalue weighted by molar-refractivity contribution is 6.21. The molecule has 0 aliphatic heterocycles. The number of alkyl halides is 1. The summed E-state index contributed by atoms with van der Waals surface area (Å²) < 4.78 is 0. The maximum Gasteiger partial charge on any atom is 0.0515 e. The molecule has 0 N–H and O–H groups in total. The lowest BCUT2D eigenvalue weighted by Crippen LogP contribution is -2.08. The number of nitrogens with zero attached hydrogens (tertiary/aromatic N) is 1. The molecule has 2 heteroatoms. The summed E-state index contributed by atoms with van der Waals surface area (Å²) in [5, 5.41) is 0.0841. The summed E-state index contributed by atoms with van der Waals surface area (Å²) in [7, 11) is 0. The molecular weight excluding hydrogens is 278 g/mol. The minimum absolute atomic E-state index is 0.0841. The smallest absolute Gasteiger partial charge is 0.0515 e. The molecule has 0 aromatic carbocycles. The van der Waals surface area contributed by atoms with E-state index >= 15 is 0 Å². The van der Waals surface area contributed by atoms with E-state index in [1.54, 1.807) is 0 Å². The molecular formula is C19H28ClN. The molecule has 0 aromatic heterocycles. The van der Waals surface area contributed by atoms with Crippen LogP contribution in [-0.2, 0) is 0 Å². The van der Waals surface area contributed by atoms with Crippen LogP contribution in [0.3, 0.4) is 0 Å². The Kier molecular flexibility index (Phi) is 8.37. The molecule has 0 amide bonds. The third-order valence-electron chi connectivity index (χ3n) is 3.98. The van der Waals surface area contributed by atoms with Crippen LogP contribution in [-0.4, -0.2) is 11.6 Å². The SMILES string of the molecule is C=CC(Cl)C[C@H](C)C[C@@H](C)/C(C)=C\N=CC1=CC=CCC1. The Morgan fingerprint density at radius 2 is 2.19 bits per heavy atom. The summed E-state index contributed by atoms with van der Waals surface area (Å²) in [6.45, 7) is 10.4. The van der Waals surface area contributed by atoms with Crippen LogP contribution in [0.5, 0.6) is 0 Å². The standard InChI is InChI=1S/C19H28ClN/c1-5-19(20)12-15(2)11-16(3)17(4)13-21-14-18-9-7-6-8-10-18/h5-7,9,13-16,19H,1,8,10-12H2,2-4H3/b17-13-,21-14?/t15-,16-,19?/m1/s1. The number of allylic oxidation sites excluding steroid dienone is 6. The molecule has 1 unspecified atom stereocenters. The third-order valence-corrected chi connectivity index (χ3v) is 4.34. The first-order valence-corrected chi connectivity index (χ1v) is 8.28. The molecule has 0 heterocycles. The van der Waals surface area contributed by atoms with Crippen molar-refractivity contribution >= 4 is 17.8 Å². The second kappa shape index (κ2) is 9.78. The fourth-order valence-electron chi connectivity index (χ4n) is 2.47. The molecule has 0 aromatic rings. The normalized spacial score (nSPS) is 20.2. The summed E-state index contributed by atoms with van der Waals surface area (Å²) in [4.78, 5) is 4.47. The van der Waals surface area contributed by atoms with Gasteiger partial charge in [-0.2, -0.15) is 0 Å². The molecule has 0 radical (unpaired) electrons. The number of halogens is 1. The number of aliphatic imine (C=N–C) groups is 1.